The molecule has 0 fully saturated rings. The molecule has 0 spiro atoms. The van der Waals surface area contributed by atoms with Gasteiger partial charge in [0.05, 0.1) is 4.90 Å². The van der Waals surface area contributed by atoms with Crippen molar-refractivity contribution in [3.8, 4) is 0 Å². The first-order valence-corrected chi connectivity index (χ1v) is 7.23. The summed E-state index contributed by atoms with van der Waals surface area (Å²) in [6.07, 6.45) is 3.81. The van der Waals surface area contributed by atoms with E-state index in [1.54, 1.807) is 24.3 Å². The van der Waals surface area contributed by atoms with E-state index in [4.69, 9.17) is 0 Å². The average Bonchev–Trinajstić information content (AvgIpc) is 2.82. The van der Waals surface area contributed by atoms with Gasteiger partial charge in [0.2, 0.25) is 10.0 Å². The third kappa shape index (κ3) is 3.21. The molecular formula is C13H16N2O2S. The van der Waals surface area contributed by atoms with Gasteiger partial charge < -0.3 is 4.57 Å². The Hall–Kier alpha value is -1.59. The van der Waals surface area contributed by atoms with Crippen LogP contribution < -0.4 is 4.72 Å². The second kappa shape index (κ2) is 5.37. The van der Waals surface area contributed by atoms with Gasteiger partial charge in [-0.2, -0.15) is 0 Å². The van der Waals surface area contributed by atoms with E-state index in [1.807, 2.05) is 36.0 Å². The number of rotatable bonds is 5. The summed E-state index contributed by atoms with van der Waals surface area (Å²) < 4.78 is 28.4. The molecule has 0 radical (unpaired) electrons. The molecule has 0 unspecified atom stereocenters. The Balaban J connectivity index is 1.97. The molecule has 18 heavy (non-hydrogen) atoms. The second-order valence-electron chi connectivity index (χ2n) is 4.13. The summed E-state index contributed by atoms with van der Waals surface area (Å²) in [5.41, 5.74) is 1.04. The second-order valence-corrected chi connectivity index (χ2v) is 5.90. The molecule has 0 bridgehead atoms. The topological polar surface area (TPSA) is 51.1 Å². The summed E-state index contributed by atoms with van der Waals surface area (Å²) in [4.78, 5) is 0.306. The molecule has 1 N–H and O–H groups in total. The highest BCUT2D eigenvalue weighted by Crippen LogP contribution is 2.09. The summed E-state index contributed by atoms with van der Waals surface area (Å²) in [6.45, 7) is 2.93. The van der Waals surface area contributed by atoms with Crippen LogP contribution in [0.2, 0.25) is 0 Å². The zero-order chi connectivity index (χ0) is 13.0. The molecule has 1 heterocycles. The summed E-state index contributed by atoms with van der Waals surface area (Å²) in [6, 6.07) is 10.6. The molecule has 1 aromatic carbocycles. The van der Waals surface area contributed by atoms with E-state index < -0.39 is 10.0 Å². The average molecular weight is 264 g/mol. The third-order valence-electron chi connectivity index (χ3n) is 2.66. The Kier molecular flexibility index (Phi) is 3.84. The lowest BCUT2D eigenvalue weighted by atomic mass is 10.2. The van der Waals surface area contributed by atoms with Crippen LogP contribution in [0.4, 0.5) is 0 Å². The van der Waals surface area contributed by atoms with E-state index in [0.717, 1.165) is 5.56 Å². The van der Waals surface area contributed by atoms with Crippen LogP contribution in [0.1, 0.15) is 5.56 Å². The fraction of sp³-hybridized carbons (Fsp3) is 0.231. The Morgan fingerprint density at radius 1 is 1.11 bits per heavy atom. The molecule has 0 saturated heterocycles. The van der Waals surface area contributed by atoms with Gasteiger partial charge in [0.25, 0.3) is 0 Å². The highest BCUT2D eigenvalue weighted by Gasteiger charge is 2.12. The van der Waals surface area contributed by atoms with Crippen LogP contribution in [0, 0.1) is 6.92 Å². The molecule has 0 saturated carbocycles. The monoisotopic (exact) mass is 264 g/mol. The van der Waals surface area contributed by atoms with Gasteiger partial charge >= 0.3 is 0 Å². The molecule has 0 aliphatic rings. The van der Waals surface area contributed by atoms with Crippen molar-refractivity contribution in [2.45, 2.75) is 18.4 Å². The fourth-order valence-electron chi connectivity index (χ4n) is 1.63. The smallest absolute Gasteiger partial charge is 0.240 e. The largest absolute Gasteiger partial charge is 0.353 e. The van der Waals surface area contributed by atoms with E-state index in [-0.39, 0.29) is 0 Å². The minimum Gasteiger partial charge on any atom is -0.353 e. The number of aromatic nitrogens is 1. The van der Waals surface area contributed by atoms with Crippen LogP contribution in [0.25, 0.3) is 0 Å². The predicted molar refractivity (Wildman–Crippen MR) is 70.8 cm³/mol. The van der Waals surface area contributed by atoms with E-state index >= 15 is 0 Å². The minimum absolute atomic E-state index is 0.306. The van der Waals surface area contributed by atoms with Crippen LogP contribution >= 0.6 is 0 Å². The number of nitrogens with one attached hydrogen (secondary N) is 1. The van der Waals surface area contributed by atoms with Gasteiger partial charge in [-0.15, -0.1) is 0 Å². The lowest BCUT2D eigenvalue weighted by molar-refractivity contribution is 0.573. The third-order valence-corrected chi connectivity index (χ3v) is 4.14. The molecule has 5 heteroatoms. The van der Waals surface area contributed by atoms with Crippen LogP contribution in [-0.2, 0) is 16.6 Å². The number of sulfonamides is 1. The lowest BCUT2D eigenvalue weighted by Gasteiger charge is -2.07. The van der Waals surface area contributed by atoms with Gasteiger partial charge in [0.1, 0.15) is 0 Å². The number of aryl methyl sites for hydroxylation is 1. The molecule has 96 valence electrons. The first kappa shape index (κ1) is 12.9. The van der Waals surface area contributed by atoms with Gasteiger partial charge in [-0.3, -0.25) is 0 Å². The van der Waals surface area contributed by atoms with E-state index in [0.29, 0.717) is 18.0 Å². The molecule has 0 aliphatic carbocycles. The Morgan fingerprint density at radius 3 is 2.33 bits per heavy atom. The molecule has 2 aromatic rings. The molecular weight excluding hydrogens is 248 g/mol. The van der Waals surface area contributed by atoms with Gasteiger partial charge in [-0.05, 0) is 31.2 Å². The maximum atomic E-state index is 12.0. The van der Waals surface area contributed by atoms with Crippen molar-refractivity contribution in [3.05, 3.63) is 54.4 Å². The Morgan fingerprint density at radius 2 is 1.72 bits per heavy atom. The molecule has 4 nitrogen and oxygen atoms in total. The van der Waals surface area contributed by atoms with Crippen molar-refractivity contribution in [2.75, 3.05) is 6.54 Å². The van der Waals surface area contributed by atoms with Gasteiger partial charge in [-0.1, -0.05) is 17.7 Å². The highest BCUT2D eigenvalue weighted by atomic mass is 32.2. The molecule has 0 aliphatic heterocycles. The van der Waals surface area contributed by atoms with Crippen LogP contribution in [0.5, 0.6) is 0 Å². The minimum atomic E-state index is -3.39. The van der Waals surface area contributed by atoms with E-state index in [2.05, 4.69) is 4.72 Å². The number of hydrogen-bond acceptors (Lipinski definition) is 2. The van der Waals surface area contributed by atoms with Crippen LogP contribution in [0.15, 0.2) is 53.7 Å². The zero-order valence-corrected chi connectivity index (χ0v) is 11.0. The number of benzene rings is 1. The fourth-order valence-corrected chi connectivity index (χ4v) is 2.65. The number of nitrogens with zero attached hydrogens (tertiary/aromatic N) is 1. The van der Waals surface area contributed by atoms with Gasteiger partial charge in [-0.25, -0.2) is 13.1 Å². The van der Waals surface area contributed by atoms with Crippen molar-refractivity contribution in [2.24, 2.45) is 0 Å². The van der Waals surface area contributed by atoms with Gasteiger partial charge in [0, 0.05) is 25.5 Å². The van der Waals surface area contributed by atoms with Crippen molar-refractivity contribution < 1.29 is 8.42 Å². The van der Waals surface area contributed by atoms with Crippen molar-refractivity contribution >= 4 is 10.0 Å². The van der Waals surface area contributed by atoms with E-state index in [1.165, 1.54) is 0 Å². The van der Waals surface area contributed by atoms with Crippen molar-refractivity contribution in [1.29, 1.82) is 0 Å². The van der Waals surface area contributed by atoms with Gasteiger partial charge in [0.15, 0.2) is 0 Å². The highest BCUT2D eigenvalue weighted by molar-refractivity contribution is 7.89. The summed E-state index contributed by atoms with van der Waals surface area (Å²) in [5.74, 6) is 0. The normalized spacial score (nSPS) is 11.6. The molecule has 0 amide bonds. The zero-order valence-electron chi connectivity index (χ0n) is 10.2. The maximum absolute atomic E-state index is 12.0. The molecule has 2 rings (SSSR count). The summed E-state index contributed by atoms with van der Waals surface area (Å²) in [7, 11) is -3.39. The number of hydrogen-bond donors (Lipinski definition) is 1. The SMILES string of the molecule is Cc1ccc(S(=O)(=O)NCCn2cccc2)cc1. The summed E-state index contributed by atoms with van der Waals surface area (Å²) in [5, 5.41) is 0. The van der Waals surface area contributed by atoms with Crippen molar-refractivity contribution in [1.82, 2.24) is 9.29 Å². The Labute approximate surface area is 107 Å². The standard InChI is InChI=1S/C13H16N2O2S/c1-12-4-6-13(7-5-12)18(16,17)14-8-11-15-9-2-3-10-15/h2-7,9-10,14H,8,11H2,1H3. The summed E-state index contributed by atoms with van der Waals surface area (Å²) >= 11 is 0. The Bertz CT molecular complexity index is 586. The lowest BCUT2D eigenvalue weighted by Crippen LogP contribution is -2.27. The maximum Gasteiger partial charge on any atom is 0.240 e. The first-order chi connectivity index (χ1) is 8.58. The van der Waals surface area contributed by atoms with Crippen LogP contribution in [-0.4, -0.2) is 19.5 Å². The van der Waals surface area contributed by atoms with Crippen LogP contribution in [0.3, 0.4) is 0 Å². The predicted octanol–water partition coefficient (Wildman–Crippen LogP) is 1.78. The van der Waals surface area contributed by atoms with Crippen molar-refractivity contribution in [3.63, 3.8) is 0 Å². The quantitative estimate of drug-likeness (QED) is 0.895. The first-order valence-electron chi connectivity index (χ1n) is 5.75. The molecule has 1 aromatic heterocycles. The molecule has 0 atom stereocenters. The van der Waals surface area contributed by atoms with E-state index in [9.17, 15) is 8.42 Å².